The van der Waals surface area contributed by atoms with Crippen molar-refractivity contribution in [2.45, 2.75) is 6.54 Å². The molecule has 0 saturated heterocycles. The molecule has 3 heteroatoms. The van der Waals surface area contributed by atoms with Crippen LogP contribution >= 0.6 is 17.0 Å². The standard InChI is InChI=1S/C7H8FN.BrH/c8-7-4-2-1-3-6(7)5-9;/h1-4H,5,9H2;1H. The zero-order chi connectivity index (χ0) is 6.69. The van der Waals surface area contributed by atoms with E-state index in [2.05, 4.69) is 0 Å². The topological polar surface area (TPSA) is 26.0 Å². The summed E-state index contributed by atoms with van der Waals surface area (Å²) in [5, 5.41) is 0. The molecule has 1 rings (SSSR count). The molecule has 0 saturated carbocycles. The van der Waals surface area contributed by atoms with Crippen LogP contribution in [0.3, 0.4) is 0 Å². The van der Waals surface area contributed by atoms with Gasteiger partial charge in [-0.2, -0.15) is 0 Å². The van der Waals surface area contributed by atoms with Gasteiger partial charge in [0.15, 0.2) is 0 Å². The highest BCUT2D eigenvalue weighted by Gasteiger charge is 1.94. The van der Waals surface area contributed by atoms with Gasteiger partial charge >= 0.3 is 0 Å². The lowest BCUT2D eigenvalue weighted by atomic mass is 10.2. The fraction of sp³-hybridized carbons (Fsp3) is 0.143. The highest BCUT2D eigenvalue weighted by molar-refractivity contribution is 8.93. The number of rotatable bonds is 1. The Hall–Kier alpha value is -0.410. The van der Waals surface area contributed by atoms with Crippen LogP contribution in [0.25, 0.3) is 0 Å². The molecule has 0 aromatic heterocycles. The first kappa shape index (κ1) is 9.59. The Morgan fingerprint density at radius 1 is 1.30 bits per heavy atom. The van der Waals surface area contributed by atoms with Gasteiger partial charge in [0.1, 0.15) is 5.82 Å². The van der Waals surface area contributed by atoms with Gasteiger partial charge in [-0.3, -0.25) is 0 Å². The molecule has 0 spiro atoms. The van der Waals surface area contributed by atoms with Crippen molar-refractivity contribution < 1.29 is 4.39 Å². The maximum atomic E-state index is 12.5. The van der Waals surface area contributed by atoms with Crippen molar-refractivity contribution in [3.05, 3.63) is 35.6 Å². The van der Waals surface area contributed by atoms with Crippen molar-refractivity contribution in [3.63, 3.8) is 0 Å². The van der Waals surface area contributed by atoms with E-state index in [1.165, 1.54) is 6.07 Å². The second kappa shape index (κ2) is 4.41. The van der Waals surface area contributed by atoms with E-state index in [0.717, 1.165) is 0 Å². The normalized spacial score (nSPS) is 8.60. The van der Waals surface area contributed by atoms with E-state index >= 15 is 0 Å². The summed E-state index contributed by atoms with van der Waals surface area (Å²) in [6.45, 7) is 0.271. The molecule has 1 aromatic rings. The van der Waals surface area contributed by atoms with Gasteiger partial charge in [-0.15, -0.1) is 17.0 Å². The predicted octanol–water partition coefficient (Wildman–Crippen LogP) is 1.86. The summed E-state index contributed by atoms with van der Waals surface area (Å²) in [4.78, 5) is 0. The van der Waals surface area contributed by atoms with Crippen LogP contribution in [0.1, 0.15) is 5.56 Å². The van der Waals surface area contributed by atoms with Gasteiger partial charge in [0.25, 0.3) is 0 Å². The zero-order valence-corrected chi connectivity index (χ0v) is 7.09. The molecule has 0 amide bonds. The molecule has 0 radical (unpaired) electrons. The van der Waals surface area contributed by atoms with Gasteiger partial charge in [0, 0.05) is 12.1 Å². The Labute approximate surface area is 69.8 Å². The van der Waals surface area contributed by atoms with E-state index in [9.17, 15) is 4.39 Å². The predicted molar refractivity (Wildman–Crippen MR) is 44.6 cm³/mol. The van der Waals surface area contributed by atoms with Crippen molar-refractivity contribution in [1.82, 2.24) is 0 Å². The van der Waals surface area contributed by atoms with Crippen LogP contribution in [0, 0.1) is 5.82 Å². The molecule has 0 aliphatic heterocycles. The summed E-state index contributed by atoms with van der Waals surface area (Å²) in [7, 11) is 0. The van der Waals surface area contributed by atoms with Crippen molar-refractivity contribution >= 4 is 17.0 Å². The average molecular weight is 206 g/mol. The van der Waals surface area contributed by atoms with Gasteiger partial charge in [0.05, 0.1) is 0 Å². The number of benzene rings is 1. The van der Waals surface area contributed by atoms with Gasteiger partial charge in [-0.25, -0.2) is 4.39 Å². The molecular weight excluding hydrogens is 197 g/mol. The summed E-state index contributed by atoms with van der Waals surface area (Å²) >= 11 is 0. The first-order chi connectivity index (χ1) is 4.34. The molecule has 10 heavy (non-hydrogen) atoms. The van der Waals surface area contributed by atoms with Gasteiger partial charge in [-0.1, -0.05) is 18.2 Å². The minimum absolute atomic E-state index is 0. The number of halogens is 2. The van der Waals surface area contributed by atoms with E-state index in [4.69, 9.17) is 5.73 Å². The molecule has 0 aliphatic rings. The van der Waals surface area contributed by atoms with E-state index in [1.54, 1.807) is 18.2 Å². The zero-order valence-electron chi connectivity index (χ0n) is 5.38. The molecule has 0 aliphatic carbocycles. The van der Waals surface area contributed by atoms with Crippen molar-refractivity contribution in [1.29, 1.82) is 0 Å². The van der Waals surface area contributed by atoms with Crippen LogP contribution in [0.15, 0.2) is 24.3 Å². The van der Waals surface area contributed by atoms with Gasteiger partial charge in [0.2, 0.25) is 0 Å². The summed E-state index contributed by atoms with van der Waals surface area (Å²) in [6.07, 6.45) is 0. The Kier molecular flexibility index (Phi) is 4.23. The highest BCUT2D eigenvalue weighted by Crippen LogP contribution is 2.03. The Morgan fingerprint density at radius 2 is 1.90 bits per heavy atom. The first-order valence-electron chi connectivity index (χ1n) is 2.78. The third-order valence-electron chi connectivity index (χ3n) is 1.18. The molecule has 0 fully saturated rings. The summed E-state index contributed by atoms with van der Waals surface area (Å²) in [5.41, 5.74) is 5.78. The third kappa shape index (κ3) is 2.08. The second-order valence-corrected chi connectivity index (χ2v) is 1.80. The summed E-state index contributed by atoms with van der Waals surface area (Å²) in [6, 6.07) is 6.50. The minimum Gasteiger partial charge on any atom is -0.326 e. The molecule has 56 valence electrons. The van der Waals surface area contributed by atoms with Crippen LogP contribution in [-0.4, -0.2) is 0 Å². The fourth-order valence-electron chi connectivity index (χ4n) is 0.664. The highest BCUT2D eigenvalue weighted by atomic mass is 79.9. The van der Waals surface area contributed by atoms with Crippen LogP contribution in [0.2, 0.25) is 0 Å². The Bertz CT molecular complexity index is 203. The summed E-state index contributed by atoms with van der Waals surface area (Å²) < 4.78 is 12.5. The largest absolute Gasteiger partial charge is 0.326 e. The van der Waals surface area contributed by atoms with E-state index in [0.29, 0.717) is 5.56 Å². The quantitative estimate of drug-likeness (QED) is 0.745. The molecule has 0 bridgehead atoms. The monoisotopic (exact) mass is 205 g/mol. The SMILES string of the molecule is Br.NCc1ccccc1F. The van der Waals surface area contributed by atoms with Crippen molar-refractivity contribution in [3.8, 4) is 0 Å². The van der Waals surface area contributed by atoms with Crippen LogP contribution in [0.4, 0.5) is 4.39 Å². The van der Waals surface area contributed by atoms with E-state index in [1.807, 2.05) is 0 Å². The Balaban J connectivity index is 0.000000810. The van der Waals surface area contributed by atoms with Gasteiger partial charge in [-0.05, 0) is 6.07 Å². The second-order valence-electron chi connectivity index (χ2n) is 1.80. The van der Waals surface area contributed by atoms with Crippen LogP contribution < -0.4 is 5.73 Å². The maximum Gasteiger partial charge on any atom is 0.127 e. The number of nitrogens with two attached hydrogens (primary N) is 1. The Morgan fingerprint density at radius 3 is 2.30 bits per heavy atom. The van der Waals surface area contributed by atoms with E-state index < -0.39 is 0 Å². The first-order valence-corrected chi connectivity index (χ1v) is 2.78. The van der Waals surface area contributed by atoms with Gasteiger partial charge < -0.3 is 5.73 Å². The van der Waals surface area contributed by atoms with Crippen molar-refractivity contribution in [2.24, 2.45) is 5.73 Å². The van der Waals surface area contributed by atoms with E-state index in [-0.39, 0.29) is 29.3 Å². The molecule has 0 heterocycles. The average Bonchev–Trinajstić information content (AvgIpc) is 1.89. The smallest absolute Gasteiger partial charge is 0.127 e. The van der Waals surface area contributed by atoms with Crippen LogP contribution in [0.5, 0.6) is 0 Å². The van der Waals surface area contributed by atoms with Crippen LogP contribution in [-0.2, 0) is 6.54 Å². The molecule has 0 unspecified atom stereocenters. The summed E-state index contributed by atoms with van der Waals surface area (Å²) in [5.74, 6) is -0.222. The molecular formula is C7H9BrFN. The fourth-order valence-corrected chi connectivity index (χ4v) is 0.664. The maximum absolute atomic E-state index is 12.5. The lowest BCUT2D eigenvalue weighted by Crippen LogP contribution is -1.98. The third-order valence-corrected chi connectivity index (χ3v) is 1.18. The number of hydrogen-bond acceptors (Lipinski definition) is 1. The molecule has 0 atom stereocenters. The lowest BCUT2D eigenvalue weighted by Gasteiger charge is -1.94. The molecule has 1 aromatic carbocycles. The minimum atomic E-state index is -0.222. The molecule has 1 nitrogen and oxygen atoms in total. The lowest BCUT2D eigenvalue weighted by molar-refractivity contribution is 0.610. The molecule has 2 N–H and O–H groups in total. The number of hydrogen-bond donors (Lipinski definition) is 1. The van der Waals surface area contributed by atoms with Crippen molar-refractivity contribution in [2.75, 3.05) is 0 Å².